The predicted octanol–water partition coefficient (Wildman–Crippen LogP) is 3.77. The number of thiophene rings is 1. The summed E-state index contributed by atoms with van der Waals surface area (Å²) in [7, 11) is 0. The van der Waals surface area contributed by atoms with Crippen molar-refractivity contribution in [1.29, 1.82) is 0 Å². The zero-order chi connectivity index (χ0) is 12.0. The number of alkyl halides is 1. The number of hydrogen-bond acceptors (Lipinski definition) is 2. The summed E-state index contributed by atoms with van der Waals surface area (Å²) in [6.07, 6.45) is 2.03. The van der Waals surface area contributed by atoms with Crippen molar-refractivity contribution < 1.29 is 4.79 Å². The molecule has 90 valence electrons. The number of amides is 1. The zero-order valence-electron chi connectivity index (χ0n) is 9.78. The van der Waals surface area contributed by atoms with E-state index in [0.29, 0.717) is 6.04 Å². The van der Waals surface area contributed by atoms with Gasteiger partial charge >= 0.3 is 0 Å². The second-order valence-electron chi connectivity index (χ2n) is 3.64. The Morgan fingerprint density at radius 1 is 1.50 bits per heavy atom. The first-order valence-corrected chi connectivity index (χ1v) is 7.65. The smallest absolute Gasteiger partial charge is 0.264 e. The molecule has 1 aromatic heterocycles. The van der Waals surface area contributed by atoms with Gasteiger partial charge in [-0.25, -0.2) is 0 Å². The molecule has 0 spiro atoms. The number of hydrogen-bond donors (Lipinski definition) is 0. The lowest BCUT2D eigenvalue weighted by atomic mass is 10.1. The average Bonchev–Trinajstić information content (AvgIpc) is 2.82. The summed E-state index contributed by atoms with van der Waals surface area (Å²) in [6, 6.07) is 4.18. The van der Waals surface area contributed by atoms with Gasteiger partial charge in [0.25, 0.3) is 5.91 Å². The minimum atomic E-state index is 0.170. The summed E-state index contributed by atoms with van der Waals surface area (Å²) >= 11 is 4.93. The standard InChI is InChI=1S/C12H18BrNOS/c1-3-10(4-2)14(8-7-13)12(15)11-6-5-9-16-11/h5-6,9-10H,3-4,7-8H2,1-2H3. The summed E-state index contributed by atoms with van der Waals surface area (Å²) in [5.74, 6) is 0.170. The van der Waals surface area contributed by atoms with Gasteiger partial charge in [0, 0.05) is 17.9 Å². The van der Waals surface area contributed by atoms with Gasteiger partial charge in [0.05, 0.1) is 4.88 Å². The number of carbonyl (C=O) groups excluding carboxylic acids is 1. The first-order chi connectivity index (χ1) is 7.74. The van der Waals surface area contributed by atoms with Crippen LogP contribution in [-0.4, -0.2) is 28.7 Å². The Balaban J connectivity index is 2.80. The second kappa shape index (κ2) is 7.07. The van der Waals surface area contributed by atoms with E-state index in [0.717, 1.165) is 29.6 Å². The molecule has 1 aromatic rings. The fourth-order valence-electron chi connectivity index (χ4n) is 1.81. The molecule has 0 aromatic carbocycles. The fourth-order valence-corrected chi connectivity index (χ4v) is 2.87. The van der Waals surface area contributed by atoms with Gasteiger partial charge in [-0.05, 0) is 24.3 Å². The van der Waals surface area contributed by atoms with E-state index < -0.39 is 0 Å². The number of halogens is 1. The van der Waals surface area contributed by atoms with Crippen LogP contribution >= 0.6 is 27.3 Å². The van der Waals surface area contributed by atoms with Crippen LogP contribution in [0.15, 0.2) is 17.5 Å². The molecule has 0 unspecified atom stereocenters. The third kappa shape index (κ3) is 3.32. The Morgan fingerprint density at radius 2 is 2.19 bits per heavy atom. The largest absolute Gasteiger partial charge is 0.334 e. The van der Waals surface area contributed by atoms with Crippen molar-refractivity contribution in [2.75, 3.05) is 11.9 Å². The molecule has 2 nitrogen and oxygen atoms in total. The van der Waals surface area contributed by atoms with E-state index in [-0.39, 0.29) is 5.91 Å². The van der Waals surface area contributed by atoms with Crippen LogP contribution in [0, 0.1) is 0 Å². The average molecular weight is 304 g/mol. The highest BCUT2D eigenvalue weighted by Gasteiger charge is 2.22. The second-order valence-corrected chi connectivity index (χ2v) is 5.38. The lowest BCUT2D eigenvalue weighted by molar-refractivity contribution is 0.0688. The van der Waals surface area contributed by atoms with Crippen LogP contribution in [0.4, 0.5) is 0 Å². The molecular weight excluding hydrogens is 286 g/mol. The molecule has 0 aliphatic rings. The van der Waals surface area contributed by atoms with Gasteiger partial charge in [0.2, 0.25) is 0 Å². The molecule has 1 amide bonds. The van der Waals surface area contributed by atoms with E-state index in [2.05, 4.69) is 29.8 Å². The molecular formula is C12H18BrNOS. The monoisotopic (exact) mass is 303 g/mol. The molecule has 0 N–H and O–H groups in total. The van der Waals surface area contributed by atoms with Crippen LogP contribution in [0.5, 0.6) is 0 Å². The summed E-state index contributed by atoms with van der Waals surface area (Å²) in [5, 5.41) is 2.78. The van der Waals surface area contributed by atoms with Gasteiger partial charge in [-0.1, -0.05) is 35.8 Å². The molecule has 0 fully saturated rings. The van der Waals surface area contributed by atoms with Crippen LogP contribution in [0.2, 0.25) is 0 Å². The quantitative estimate of drug-likeness (QED) is 0.733. The first-order valence-electron chi connectivity index (χ1n) is 5.65. The maximum Gasteiger partial charge on any atom is 0.264 e. The molecule has 0 atom stereocenters. The third-order valence-corrected chi connectivity index (χ3v) is 3.91. The van der Waals surface area contributed by atoms with E-state index in [1.54, 1.807) is 0 Å². The molecule has 0 radical (unpaired) electrons. The Hall–Kier alpha value is -0.350. The van der Waals surface area contributed by atoms with E-state index in [1.807, 2.05) is 22.4 Å². The van der Waals surface area contributed by atoms with Gasteiger partial charge in [-0.3, -0.25) is 4.79 Å². The Kier molecular flexibility index (Phi) is 6.06. The van der Waals surface area contributed by atoms with Crippen LogP contribution in [0.25, 0.3) is 0 Å². The Morgan fingerprint density at radius 3 is 2.62 bits per heavy atom. The van der Waals surface area contributed by atoms with Crippen molar-refractivity contribution in [2.24, 2.45) is 0 Å². The van der Waals surface area contributed by atoms with Crippen molar-refractivity contribution in [2.45, 2.75) is 32.7 Å². The molecule has 1 rings (SSSR count). The summed E-state index contributed by atoms with van der Waals surface area (Å²) < 4.78 is 0. The maximum absolute atomic E-state index is 12.3. The number of carbonyl (C=O) groups is 1. The fraction of sp³-hybridized carbons (Fsp3) is 0.583. The molecule has 0 bridgehead atoms. The normalized spacial score (nSPS) is 10.8. The number of rotatable bonds is 6. The van der Waals surface area contributed by atoms with Crippen LogP contribution in [0.3, 0.4) is 0 Å². The molecule has 16 heavy (non-hydrogen) atoms. The molecule has 0 aliphatic heterocycles. The highest BCUT2D eigenvalue weighted by molar-refractivity contribution is 9.09. The predicted molar refractivity (Wildman–Crippen MR) is 73.5 cm³/mol. The Labute approximate surface area is 110 Å². The summed E-state index contributed by atoms with van der Waals surface area (Å²) in [6.45, 7) is 5.05. The first kappa shape index (κ1) is 13.7. The van der Waals surface area contributed by atoms with Gasteiger partial charge < -0.3 is 4.90 Å². The van der Waals surface area contributed by atoms with Crippen LogP contribution in [0.1, 0.15) is 36.4 Å². The SMILES string of the molecule is CCC(CC)N(CCBr)C(=O)c1cccs1. The van der Waals surface area contributed by atoms with Gasteiger partial charge in [0.1, 0.15) is 0 Å². The van der Waals surface area contributed by atoms with Crippen molar-refractivity contribution in [1.82, 2.24) is 4.90 Å². The minimum absolute atomic E-state index is 0.170. The molecule has 0 saturated heterocycles. The van der Waals surface area contributed by atoms with Crippen LogP contribution < -0.4 is 0 Å². The van der Waals surface area contributed by atoms with E-state index in [4.69, 9.17) is 0 Å². The number of nitrogens with zero attached hydrogens (tertiary/aromatic N) is 1. The Bertz CT molecular complexity index is 309. The third-order valence-electron chi connectivity index (χ3n) is 2.70. The van der Waals surface area contributed by atoms with Crippen molar-refractivity contribution in [3.8, 4) is 0 Å². The summed E-state index contributed by atoms with van der Waals surface area (Å²) in [5.41, 5.74) is 0. The summed E-state index contributed by atoms with van der Waals surface area (Å²) in [4.78, 5) is 15.1. The molecule has 0 aliphatic carbocycles. The zero-order valence-corrected chi connectivity index (χ0v) is 12.2. The van der Waals surface area contributed by atoms with Crippen molar-refractivity contribution in [3.05, 3.63) is 22.4 Å². The van der Waals surface area contributed by atoms with Crippen molar-refractivity contribution >= 4 is 33.2 Å². The highest BCUT2D eigenvalue weighted by atomic mass is 79.9. The van der Waals surface area contributed by atoms with Gasteiger partial charge in [-0.2, -0.15) is 0 Å². The molecule has 4 heteroatoms. The van der Waals surface area contributed by atoms with E-state index in [9.17, 15) is 4.79 Å². The van der Waals surface area contributed by atoms with Gasteiger partial charge in [-0.15, -0.1) is 11.3 Å². The van der Waals surface area contributed by atoms with E-state index >= 15 is 0 Å². The molecule has 1 heterocycles. The maximum atomic E-state index is 12.3. The van der Waals surface area contributed by atoms with Crippen molar-refractivity contribution in [3.63, 3.8) is 0 Å². The van der Waals surface area contributed by atoms with Crippen LogP contribution in [-0.2, 0) is 0 Å². The minimum Gasteiger partial charge on any atom is -0.334 e. The highest BCUT2D eigenvalue weighted by Crippen LogP contribution is 2.17. The van der Waals surface area contributed by atoms with Gasteiger partial charge in [0.15, 0.2) is 0 Å². The van der Waals surface area contributed by atoms with E-state index in [1.165, 1.54) is 11.3 Å². The lowest BCUT2D eigenvalue weighted by Crippen LogP contribution is -2.40. The lowest BCUT2D eigenvalue weighted by Gasteiger charge is -2.29. The molecule has 0 saturated carbocycles. The topological polar surface area (TPSA) is 20.3 Å².